The van der Waals surface area contributed by atoms with Crippen LogP contribution in [0, 0.1) is 6.92 Å². The highest BCUT2D eigenvalue weighted by Gasteiger charge is 2.12. The van der Waals surface area contributed by atoms with Crippen molar-refractivity contribution in [2.45, 2.75) is 6.92 Å². The van der Waals surface area contributed by atoms with Crippen LogP contribution in [0.15, 0.2) is 18.2 Å². The predicted octanol–water partition coefficient (Wildman–Crippen LogP) is 2.32. The normalized spacial score (nSPS) is 10.5. The van der Waals surface area contributed by atoms with Crippen molar-refractivity contribution in [1.29, 1.82) is 0 Å². The summed E-state index contributed by atoms with van der Waals surface area (Å²) in [7, 11) is 1.62. The molecule has 2 rings (SSSR count). The zero-order chi connectivity index (χ0) is 11.0. The Kier molecular flexibility index (Phi) is 2.36. The van der Waals surface area contributed by atoms with Gasteiger partial charge in [0.05, 0.1) is 12.0 Å². The van der Waals surface area contributed by atoms with Gasteiger partial charge in [-0.1, -0.05) is 0 Å². The summed E-state index contributed by atoms with van der Waals surface area (Å²) in [6.45, 7) is 1.90. The van der Waals surface area contributed by atoms with Crippen molar-refractivity contribution >= 4 is 27.3 Å². The molecule has 2 aromatic rings. The minimum absolute atomic E-state index is 0.368. The molecule has 1 aromatic heterocycles. The van der Waals surface area contributed by atoms with E-state index in [1.165, 1.54) is 11.3 Å². The molecule has 0 atom stereocenters. The molecule has 0 spiro atoms. The van der Waals surface area contributed by atoms with Gasteiger partial charge >= 0.3 is 0 Å². The number of nitrogens with two attached hydrogens (primary N) is 1. The van der Waals surface area contributed by atoms with Crippen LogP contribution < -0.4 is 10.5 Å². The number of ether oxygens (including phenoxy) is 1. The van der Waals surface area contributed by atoms with Crippen LogP contribution in [-0.4, -0.2) is 13.0 Å². The van der Waals surface area contributed by atoms with Crippen molar-refractivity contribution in [3.05, 3.63) is 28.6 Å². The molecule has 4 heteroatoms. The number of carbonyl (C=O) groups is 1. The van der Waals surface area contributed by atoms with Crippen molar-refractivity contribution in [3.8, 4) is 5.75 Å². The third-order valence-corrected chi connectivity index (χ3v) is 3.65. The lowest BCUT2D eigenvalue weighted by Gasteiger charge is -1.99. The van der Waals surface area contributed by atoms with Crippen LogP contribution in [0.1, 0.15) is 15.2 Å². The van der Waals surface area contributed by atoms with Gasteiger partial charge in [0.15, 0.2) is 0 Å². The number of hydrogen-bond acceptors (Lipinski definition) is 3. The van der Waals surface area contributed by atoms with Crippen molar-refractivity contribution in [1.82, 2.24) is 0 Å². The van der Waals surface area contributed by atoms with Crippen molar-refractivity contribution in [2.75, 3.05) is 7.11 Å². The summed E-state index contributed by atoms with van der Waals surface area (Å²) in [6.07, 6.45) is 0. The molecule has 0 aliphatic heterocycles. The standard InChI is InChI=1S/C11H11NO2S/c1-6-8-5-7(14-2)3-4-9(8)15-10(6)11(12)13/h3-5H,1-2H3,(H2,12,13). The average molecular weight is 221 g/mol. The van der Waals surface area contributed by atoms with Crippen LogP contribution in [-0.2, 0) is 0 Å². The Balaban J connectivity index is 2.72. The van der Waals surface area contributed by atoms with Crippen molar-refractivity contribution in [2.24, 2.45) is 5.73 Å². The molecule has 0 saturated carbocycles. The second-order valence-corrected chi connectivity index (χ2v) is 4.33. The Morgan fingerprint density at radius 3 is 2.80 bits per heavy atom. The van der Waals surface area contributed by atoms with E-state index in [-0.39, 0.29) is 5.91 Å². The molecule has 0 aliphatic carbocycles. The topological polar surface area (TPSA) is 52.3 Å². The maximum absolute atomic E-state index is 11.1. The van der Waals surface area contributed by atoms with Crippen LogP contribution in [0.3, 0.4) is 0 Å². The molecule has 0 unspecified atom stereocenters. The van der Waals surface area contributed by atoms with Crippen molar-refractivity contribution < 1.29 is 9.53 Å². The summed E-state index contributed by atoms with van der Waals surface area (Å²) in [6, 6.07) is 5.74. The van der Waals surface area contributed by atoms with Gasteiger partial charge in [0.25, 0.3) is 5.91 Å². The van der Waals surface area contributed by atoms with E-state index in [2.05, 4.69) is 0 Å². The number of fused-ring (bicyclic) bond motifs is 1. The van der Waals surface area contributed by atoms with Gasteiger partial charge in [-0.3, -0.25) is 4.79 Å². The first-order valence-corrected chi connectivity index (χ1v) is 5.32. The molecular formula is C11H11NO2S. The Bertz CT molecular complexity index is 531. The van der Waals surface area contributed by atoms with E-state index in [9.17, 15) is 4.79 Å². The zero-order valence-electron chi connectivity index (χ0n) is 8.53. The lowest BCUT2D eigenvalue weighted by molar-refractivity contribution is 0.100. The van der Waals surface area contributed by atoms with Gasteiger partial charge in [0, 0.05) is 4.70 Å². The fraction of sp³-hybridized carbons (Fsp3) is 0.182. The van der Waals surface area contributed by atoms with E-state index in [1.807, 2.05) is 25.1 Å². The molecule has 1 heterocycles. The van der Waals surface area contributed by atoms with E-state index in [1.54, 1.807) is 7.11 Å². The SMILES string of the molecule is COc1ccc2sc(C(N)=O)c(C)c2c1. The van der Waals surface area contributed by atoms with Gasteiger partial charge in [-0.15, -0.1) is 11.3 Å². The number of methoxy groups -OCH3 is 1. The van der Waals surface area contributed by atoms with Crippen LogP contribution in [0.2, 0.25) is 0 Å². The minimum atomic E-state index is -0.368. The van der Waals surface area contributed by atoms with Crippen LogP contribution in [0.25, 0.3) is 10.1 Å². The number of amides is 1. The minimum Gasteiger partial charge on any atom is -0.497 e. The molecule has 2 N–H and O–H groups in total. The summed E-state index contributed by atoms with van der Waals surface area (Å²) >= 11 is 1.42. The average Bonchev–Trinajstić information content (AvgIpc) is 2.56. The van der Waals surface area contributed by atoms with Gasteiger partial charge in [-0.25, -0.2) is 0 Å². The fourth-order valence-electron chi connectivity index (χ4n) is 1.56. The number of aryl methyl sites for hydroxylation is 1. The van der Waals surface area contributed by atoms with E-state index in [0.29, 0.717) is 4.88 Å². The van der Waals surface area contributed by atoms with E-state index in [4.69, 9.17) is 10.5 Å². The smallest absolute Gasteiger partial charge is 0.259 e. The zero-order valence-corrected chi connectivity index (χ0v) is 9.35. The highest BCUT2D eigenvalue weighted by atomic mass is 32.1. The molecule has 78 valence electrons. The Morgan fingerprint density at radius 1 is 1.47 bits per heavy atom. The Labute approximate surface area is 91.5 Å². The number of primary amides is 1. The summed E-state index contributed by atoms with van der Waals surface area (Å²) in [4.78, 5) is 11.8. The Morgan fingerprint density at radius 2 is 2.20 bits per heavy atom. The summed E-state index contributed by atoms with van der Waals surface area (Å²) < 4.78 is 6.19. The second kappa shape index (κ2) is 3.55. The summed E-state index contributed by atoms with van der Waals surface area (Å²) in [5.41, 5.74) is 6.22. The number of carbonyl (C=O) groups excluding carboxylic acids is 1. The molecule has 3 nitrogen and oxygen atoms in total. The molecule has 0 radical (unpaired) electrons. The first-order valence-electron chi connectivity index (χ1n) is 4.50. The molecule has 0 fully saturated rings. The lowest BCUT2D eigenvalue weighted by atomic mass is 10.1. The second-order valence-electron chi connectivity index (χ2n) is 3.28. The predicted molar refractivity (Wildman–Crippen MR) is 61.6 cm³/mol. The molecule has 15 heavy (non-hydrogen) atoms. The molecule has 0 aliphatic rings. The largest absolute Gasteiger partial charge is 0.497 e. The van der Waals surface area contributed by atoms with Crippen molar-refractivity contribution in [3.63, 3.8) is 0 Å². The molecule has 1 aromatic carbocycles. The quantitative estimate of drug-likeness (QED) is 0.846. The van der Waals surface area contributed by atoms with E-state index < -0.39 is 0 Å². The molecule has 1 amide bonds. The number of benzene rings is 1. The van der Waals surface area contributed by atoms with Crippen LogP contribution in [0.4, 0.5) is 0 Å². The van der Waals surface area contributed by atoms with Gasteiger partial charge in [-0.05, 0) is 36.1 Å². The van der Waals surface area contributed by atoms with Gasteiger partial charge in [0.2, 0.25) is 0 Å². The lowest BCUT2D eigenvalue weighted by Crippen LogP contribution is -2.09. The number of hydrogen-bond donors (Lipinski definition) is 1. The van der Waals surface area contributed by atoms with Gasteiger partial charge < -0.3 is 10.5 Å². The van der Waals surface area contributed by atoms with E-state index >= 15 is 0 Å². The third-order valence-electron chi connectivity index (χ3n) is 2.37. The maximum Gasteiger partial charge on any atom is 0.259 e. The summed E-state index contributed by atoms with van der Waals surface area (Å²) in [5, 5.41) is 1.04. The van der Waals surface area contributed by atoms with E-state index in [0.717, 1.165) is 21.4 Å². The van der Waals surface area contributed by atoms with Crippen LogP contribution in [0.5, 0.6) is 5.75 Å². The Hall–Kier alpha value is -1.55. The molecular weight excluding hydrogens is 210 g/mol. The number of rotatable bonds is 2. The van der Waals surface area contributed by atoms with Gasteiger partial charge in [-0.2, -0.15) is 0 Å². The third kappa shape index (κ3) is 1.57. The molecule has 0 saturated heterocycles. The highest BCUT2D eigenvalue weighted by Crippen LogP contribution is 2.32. The number of thiophene rings is 1. The highest BCUT2D eigenvalue weighted by molar-refractivity contribution is 7.21. The first kappa shape index (κ1) is 9.98. The van der Waals surface area contributed by atoms with Crippen LogP contribution >= 0.6 is 11.3 Å². The summed E-state index contributed by atoms with van der Waals surface area (Å²) in [5.74, 6) is 0.423. The van der Waals surface area contributed by atoms with Gasteiger partial charge in [0.1, 0.15) is 5.75 Å². The molecule has 0 bridgehead atoms. The fourth-order valence-corrected chi connectivity index (χ4v) is 2.60. The monoisotopic (exact) mass is 221 g/mol. The maximum atomic E-state index is 11.1. The first-order chi connectivity index (χ1) is 7.13.